The Morgan fingerprint density at radius 3 is 1.65 bits per heavy atom. The summed E-state index contributed by atoms with van der Waals surface area (Å²) in [7, 11) is 0. The van der Waals surface area contributed by atoms with E-state index in [0.717, 1.165) is 55.8 Å². The lowest BCUT2D eigenvalue weighted by molar-refractivity contribution is 0.669. The highest BCUT2D eigenvalue weighted by Crippen LogP contribution is 2.41. The molecule has 2 aromatic heterocycles. The van der Waals surface area contributed by atoms with Crippen molar-refractivity contribution in [1.82, 2.24) is 4.57 Å². The summed E-state index contributed by atoms with van der Waals surface area (Å²) in [4.78, 5) is 2.33. The van der Waals surface area contributed by atoms with Crippen LogP contribution in [0, 0.1) is 0 Å². The lowest BCUT2D eigenvalue weighted by Gasteiger charge is -2.26. The zero-order valence-electron chi connectivity index (χ0n) is 31.1. The van der Waals surface area contributed by atoms with Crippen LogP contribution in [-0.2, 0) is 0 Å². The number of rotatable bonds is 7. The molecule has 57 heavy (non-hydrogen) atoms. The van der Waals surface area contributed by atoms with Crippen molar-refractivity contribution in [2.24, 2.45) is 0 Å². The van der Waals surface area contributed by atoms with Gasteiger partial charge in [0.25, 0.3) is 0 Å². The predicted octanol–water partition coefficient (Wildman–Crippen LogP) is 15.2. The second kappa shape index (κ2) is 13.6. The molecule has 268 valence electrons. The van der Waals surface area contributed by atoms with Crippen LogP contribution >= 0.6 is 0 Å². The average molecular weight is 729 g/mol. The molecule has 0 unspecified atom stereocenters. The molecule has 0 aliphatic rings. The third-order valence-corrected chi connectivity index (χ3v) is 11.2. The highest BCUT2D eigenvalue weighted by molar-refractivity contribution is 6.12. The van der Waals surface area contributed by atoms with Crippen LogP contribution in [0.25, 0.3) is 82.8 Å². The normalized spacial score (nSPS) is 11.5. The van der Waals surface area contributed by atoms with Crippen molar-refractivity contribution in [2.75, 3.05) is 4.90 Å². The van der Waals surface area contributed by atoms with Gasteiger partial charge < -0.3 is 13.9 Å². The first-order valence-corrected chi connectivity index (χ1v) is 19.4. The Morgan fingerprint density at radius 1 is 0.333 bits per heavy atom. The molecule has 11 rings (SSSR count). The van der Waals surface area contributed by atoms with Crippen LogP contribution in [0.15, 0.2) is 223 Å². The van der Waals surface area contributed by atoms with Crippen LogP contribution in [-0.4, -0.2) is 4.57 Å². The summed E-state index contributed by atoms with van der Waals surface area (Å²) in [5.41, 5.74) is 15.7. The molecule has 0 bridgehead atoms. The van der Waals surface area contributed by atoms with Crippen molar-refractivity contribution in [3.05, 3.63) is 218 Å². The maximum absolute atomic E-state index is 6.25. The minimum absolute atomic E-state index is 0.898. The third kappa shape index (κ3) is 5.68. The molecule has 0 atom stereocenters. The number of hydrogen-bond donors (Lipinski definition) is 0. The molecule has 0 N–H and O–H groups in total. The van der Waals surface area contributed by atoms with Gasteiger partial charge in [-0.25, -0.2) is 0 Å². The topological polar surface area (TPSA) is 21.3 Å². The van der Waals surface area contributed by atoms with E-state index in [-0.39, 0.29) is 0 Å². The Bertz CT molecular complexity index is 3190. The Hall–Kier alpha value is -7.62. The van der Waals surface area contributed by atoms with Gasteiger partial charge in [-0.15, -0.1) is 0 Å². The van der Waals surface area contributed by atoms with E-state index in [1.54, 1.807) is 0 Å². The summed E-state index contributed by atoms with van der Waals surface area (Å²) in [5.74, 6) is 0. The molecule has 3 nitrogen and oxygen atoms in total. The molecule has 0 saturated carbocycles. The molecule has 2 heterocycles. The van der Waals surface area contributed by atoms with Gasteiger partial charge in [-0.2, -0.15) is 0 Å². The van der Waals surface area contributed by atoms with E-state index in [1.807, 2.05) is 12.1 Å². The van der Waals surface area contributed by atoms with Crippen molar-refractivity contribution < 1.29 is 4.42 Å². The molecule has 11 aromatic rings. The van der Waals surface area contributed by atoms with Gasteiger partial charge in [0.05, 0.1) is 11.0 Å². The van der Waals surface area contributed by atoms with Crippen molar-refractivity contribution >= 4 is 60.8 Å². The van der Waals surface area contributed by atoms with E-state index < -0.39 is 0 Å². The molecule has 0 radical (unpaired) electrons. The first kappa shape index (κ1) is 32.8. The lowest BCUT2D eigenvalue weighted by atomic mass is 9.98. The molecule has 0 spiro atoms. The van der Waals surface area contributed by atoms with Gasteiger partial charge in [0.15, 0.2) is 0 Å². The fourth-order valence-corrected chi connectivity index (χ4v) is 8.56. The number of nitrogens with zero attached hydrogens (tertiary/aromatic N) is 2. The Kier molecular flexibility index (Phi) is 7.82. The fourth-order valence-electron chi connectivity index (χ4n) is 8.56. The van der Waals surface area contributed by atoms with E-state index in [4.69, 9.17) is 4.42 Å². The van der Waals surface area contributed by atoms with E-state index in [2.05, 4.69) is 216 Å². The Morgan fingerprint density at radius 2 is 0.877 bits per heavy atom. The number of fused-ring (bicyclic) bond motifs is 6. The standard InChI is InChI=1S/C54H36N2O/c1-2-18-42(19-3-1)55(44-20-12-17-41(36-44)46-25-13-29-53-54(46)49-24-6-9-28-52(49)57-53)43-32-30-37(31-33-43)38-14-10-15-39(34-38)40-16-11-21-45(35-40)56-50-26-7-4-22-47(50)48-23-5-8-27-51(48)56/h1-36H. The van der Waals surface area contributed by atoms with Crippen molar-refractivity contribution in [3.8, 4) is 39.1 Å². The zero-order valence-corrected chi connectivity index (χ0v) is 31.1. The monoisotopic (exact) mass is 728 g/mol. The first-order valence-electron chi connectivity index (χ1n) is 19.4. The fraction of sp³-hybridized carbons (Fsp3) is 0. The number of furan rings is 1. The summed E-state index contributed by atoms with van der Waals surface area (Å²) < 4.78 is 8.63. The third-order valence-electron chi connectivity index (χ3n) is 11.2. The molecule has 3 heteroatoms. The van der Waals surface area contributed by atoms with Crippen molar-refractivity contribution in [3.63, 3.8) is 0 Å². The Balaban J connectivity index is 0.948. The second-order valence-electron chi connectivity index (χ2n) is 14.5. The minimum Gasteiger partial charge on any atom is -0.456 e. The summed E-state index contributed by atoms with van der Waals surface area (Å²) in [6, 6.07) is 78.1. The van der Waals surface area contributed by atoms with Crippen LogP contribution in [0.2, 0.25) is 0 Å². The summed E-state index contributed by atoms with van der Waals surface area (Å²) in [6.07, 6.45) is 0. The van der Waals surface area contributed by atoms with Gasteiger partial charge in [0, 0.05) is 44.3 Å². The molecular formula is C54H36N2O. The van der Waals surface area contributed by atoms with E-state index >= 15 is 0 Å². The van der Waals surface area contributed by atoms with Gasteiger partial charge in [-0.05, 0) is 112 Å². The first-order chi connectivity index (χ1) is 28.3. The number of benzene rings is 9. The maximum Gasteiger partial charge on any atom is 0.136 e. The van der Waals surface area contributed by atoms with Gasteiger partial charge >= 0.3 is 0 Å². The van der Waals surface area contributed by atoms with Gasteiger partial charge in [0.2, 0.25) is 0 Å². The van der Waals surface area contributed by atoms with Crippen LogP contribution in [0.5, 0.6) is 0 Å². The van der Waals surface area contributed by atoms with Crippen LogP contribution in [0.3, 0.4) is 0 Å². The SMILES string of the molecule is c1ccc(N(c2ccc(-c3cccc(-c4cccc(-n5c6ccccc6c6ccccc65)c4)c3)cc2)c2cccc(-c3cccc4oc5ccccc5c34)c2)cc1. The predicted molar refractivity (Wildman–Crippen MR) is 239 cm³/mol. The van der Waals surface area contributed by atoms with E-state index in [9.17, 15) is 0 Å². The van der Waals surface area contributed by atoms with Crippen molar-refractivity contribution in [2.45, 2.75) is 0 Å². The number of para-hydroxylation sites is 4. The number of aromatic nitrogens is 1. The lowest BCUT2D eigenvalue weighted by Crippen LogP contribution is -2.09. The number of anilines is 3. The molecule has 0 fully saturated rings. The Labute approximate surface area is 330 Å². The smallest absolute Gasteiger partial charge is 0.136 e. The second-order valence-corrected chi connectivity index (χ2v) is 14.5. The molecule has 9 aromatic carbocycles. The van der Waals surface area contributed by atoms with Crippen LogP contribution < -0.4 is 4.90 Å². The largest absolute Gasteiger partial charge is 0.456 e. The van der Waals surface area contributed by atoms with Crippen LogP contribution in [0.4, 0.5) is 17.1 Å². The highest BCUT2D eigenvalue weighted by atomic mass is 16.3. The molecule has 0 amide bonds. The maximum atomic E-state index is 6.25. The quantitative estimate of drug-likeness (QED) is 0.163. The zero-order chi connectivity index (χ0) is 37.7. The van der Waals surface area contributed by atoms with Crippen LogP contribution in [0.1, 0.15) is 0 Å². The van der Waals surface area contributed by atoms with Crippen molar-refractivity contribution in [1.29, 1.82) is 0 Å². The van der Waals surface area contributed by atoms with Gasteiger partial charge in [-0.1, -0.05) is 140 Å². The van der Waals surface area contributed by atoms with Gasteiger partial charge in [0.1, 0.15) is 11.2 Å². The summed E-state index contributed by atoms with van der Waals surface area (Å²) >= 11 is 0. The summed E-state index contributed by atoms with van der Waals surface area (Å²) in [5, 5.41) is 4.80. The van der Waals surface area contributed by atoms with E-state index in [1.165, 1.54) is 44.1 Å². The molecular weight excluding hydrogens is 693 g/mol. The van der Waals surface area contributed by atoms with E-state index in [0.29, 0.717) is 0 Å². The molecule has 0 aliphatic heterocycles. The minimum atomic E-state index is 0.898. The number of hydrogen-bond acceptors (Lipinski definition) is 2. The van der Waals surface area contributed by atoms with Gasteiger partial charge in [-0.3, -0.25) is 0 Å². The average Bonchev–Trinajstić information content (AvgIpc) is 3.84. The summed E-state index contributed by atoms with van der Waals surface area (Å²) in [6.45, 7) is 0. The molecule has 0 saturated heterocycles. The molecule has 0 aliphatic carbocycles. The highest BCUT2D eigenvalue weighted by Gasteiger charge is 2.17.